The first-order chi connectivity index (χ1) is 9.11. The Labute approximate surface area is 117 Å². The molecule has 0 aromatic carbocycles. The third-order valence-electron chi connectivity index (χ3n) is 2.65. The van der Waals surface area contributed by atoms with Gasteiger partial charge in [-0.1, -0.05) is 17.7 Å². The molecule has 6 heteroatoms. The van der Waals surface area contributed by atoms with Gasteiger partial charge in [0.05, 0.1) is 19.3 Å². The highest BCUT2D eigenvalue weighted by molar-refractivity contribution is 6.31. The van der Waals surface area contributed by atoms with Crippen LogP contribution in [-0.4, -0.2) is 29.1 Å². The summed E-state index contributed by atoms with van der Waals surface area (Å²) in [4.78, 5) is 14.5. The topological polar surface area (TPSA) is 51.1 Å². The zero-order valence-electron chi connectivity index (χ0n) is 11.1. The van der Waals surface area contributed by atoms with Crippen molar-refractivity contribution in [3.05, 3.63) is 41.1 Å². The molecule has 2 aromatic heterocycles. The minimum atomic E-state index is 0.302. The van der Waals surface area contributed by atoms with Crippen LogP contribution in [0, 0.1) is 6.92 Å². The largest absolute Gasteiger partial charge is 0.490 e. The fourth-order valence-corrected chi connectivity index (χ4v) is 2.00. The third-order valence-corrected chi connectivity index (χ3v) is 2.92. The molecule has 2 rings (SSSR count). The maximum Gasteiger partial charge on any atom is 0.199 e. The standard InChI is InChI=1S/C13H15ClN4O/c1-9-5-4-6-10(17-9)7-18(2)13-11(19-3)12(14)15-8-16-13/h4-6,8H,7H2,1-3H3. The van der Waals surface area contributed by atoms with Crippen LogP contribution in [0.25, 0.3) is 0 Å². The number of hydrogen-bond acceptors (Lipinski definition) is 5. The summed E-state index contributed by atoms with van der Waals surface area (Å²) >= 11 is 5.98. The van der Waals surface area contributed by atoms with Gasteiger partial charge < -0.3 is 9.64 Å². The molecule has 0 atom stereocenters. The highest BCUT2D eigenvalue weighted by Gasteiger charge is 2.14. The number of halogens is 1. The molecule has 0 fully saturated rings. The lowest BCUT2D eigenvalue weighted by molar-refractivity contribution is 0.411. The summed E-state index contributed by atoms with van der Waals surface area (Å²) in [6.45, 7) is 2.58. The smallest absolute Gasteiger partial charge is 0.199 e. The first-order valence-electron chi connectivity index (χ1n) is 5.80. The van der Waals surface area contributed by atoms with Crippen molar-refractivity contribution in [1.29, 1.82) is 0 Å². The average Bonchev–Trinajstić information content (AvgIpc) is 2.38. The van der Waals surface area contributed by atoms with E-state index in [0.29, 0.717) is 23.3 Å². The Bertz CT molecular complexity index is 576. The number of anilines is 1. The molecule has 0 unspecified atom stereocenters. The first-order valence-corrected chi connectivity index (χ1v) is 6.17. The first kappa shape index (κ1) is 13.5. The van der Waals surface area contributed by atoms with E-state index in [1.807, 2.05) is 37.1 Å². The third kappa shape index (κ3) is 3.12. The van der Waals surface area contributed by atoms with Gasteiger partial charge >= 0.3 is 0 Å². The second kappa shape index (κ2) is 5.84. The number of ether oxygens (including phenoxy) is 1. The van der Waals surface area contributed by atoms with Gasteiger partial charge in [0.15, 0.2) is 16.7 Å². The van der Waals surface area contributed by atoms with Crippen molar-refractivity contribution in [3.63, 3.8) is 0 Å². The SMILES string of the molecule is COc1c(Cl)ncnc1N(C)Cc1cccc(C)n1. The summed E-state index contributed by atoms with van der Waals surface area (Å²) in [5, 5.41) is 0.302. The van der Waals surface area contributed by atoms with Crippen LogP contribution >= 0.6 is 11.6 Å². The molecule has 0 spiro atoms. The van der Waals surface area contributed by atoms with Gasteiger partial charge in [-0.3, -0.25) is 4.98 Å². The van der Waals surface area contributed by atoms with Gasteiger partial charge in [0.25, 0.3) is 0 Å². The lowest BCUT2D eigenvalue weighted by atomic mass is 10.3. The van der Waals surface area contributed by atoms with Crippen molar-refractivity contribution in [2.45, 2.75) is 13.5 Å². The van der Waals surface area contributed by atoms with Crippen LogP contribution in [0.3, 0.4) is 0 Å². The molecule has 0 amide bonds. The van der Waals surface area contributed by atoms with E-state index in [2.05, 4.69) is 15.0 Å². The molecule has 0 bridgehead atoms. The molecule has 2 aromatic rings. The van der Waals surface area contributed by atoms with E-state index in [9.17, 15) is 0 Å². The van der Waals surface area contributed by atoms with Gasteiger partial charge in [-0.25, -0.2) is 9.97 Å². The summed E-state index contributed by atoms with van der Waals surface area (Å²) in [6.07, 6.45) is 1.42. The molecule has 0 aliphatic rings. The number of rotatable bonds is 4. The summed E-state index contributed by atoms with van der Waals surface area (Å²) in [6, 6.07) is 5.92. The van der Waals surface area contributed by atoms with Crippen molar-refractivity contribution in [3.8, 4) is 5.75 Å². The van der Waals surface area contributed by atoms with Crippen LogP contribution in [0.5, 0.6) is 5.75 Å². The molecule has 0 N–H and O–H groups in total. The average molecular weight is 279 g/mol. The molecule has 5 nitrogen and oxygen atoms in total. The van der Waals surface area contributed by atoms with Crippen molar-refractivity contribution >= 4 is 17.4 Å². The highest BCUT2D eigenvalue weighted by Crippen LogP contribution is 2.31. The quantitative estimate of drug-likeness (QED) is 0.804. The van der Waals surface area contributed by atoms with E-state index < -0.39 is 0 Å². The molecule has 0 saturated heterocycles. The van der Waals surface area contributed by atoms with Crippen molar-refractivity contribution < 1.29 is 4.74 Å². The van der Waals surface area contributed by atoms with Gasteiger partial charge in [0.2, 0.25) is 0 Å². The fraction of sp³-hybridized carbons (Fsp3) is 0.308. The second-order valence-corrected chi connectivity index (χ2v) is 4.51. The van der Waals surface area contributed by atoms with Gasteiger partial charge in [0, 0.05) is 12.7 Å². The molecule has 100 valence electrons. The van der Waals surface area contributed by atoms with Gasteiger partial charge in [-0.05, 0) is 19.1 Å². The minimum Gasteiger partial charge on any atom is -0.490 e. The number of hydrogen-bond donors (Lipinski definition) is 0. The Kier molecular flexibility index (Phi) is 4.16. The van der Waals surface area contributed by atoms with Gasteiger partial charge in [-0.15, -0.1) is 0 Å². The predicted molar refractivity (Wildman–Crippen MR) is 74.7 cm³/mol. The molecule has 0 saturated carbocycles. The summed E-state index contributed by atoms with van der Waals surface area (Å²) < 4.78 is 5.24. The Morgan fingerprint density at radius 2 is 2.11 bits per heavy atom. The number of pyridine rings is 1. The Balaban J connectivity index is 2.25. The van der Waals surface area contributed by atoms with Crippen molar-refractivity contribution in [2.75, 3.05) is 19.1 Å². The zero-order chi connectivity index (χ0) is 13.8. The van der Waals surface area contributed by atoms with Crippen LogP contribution in [0.1, 0.15) is 11.4 Å². The van der Waals surface area contributed by atoms with Gasteiger partial charge in [0.1, 0.15) is 6.33 Å². The molecular weight excluding hydrogens is 264 g/mol. The summed E-state index contributed by atoms with van der Waals surface area (Å²) in [5.74, 6) is 1.12. The monoisotopic (exact) mass is 278 g/mol. The van der Waals surface area contributed by atoms with Gasteiger partial charge in [-0.2, -0.15) is 0 Å². The molecular formula is C13H15ClN4O. The maximum absolute atomic E-state index is 5.98. The van der Waals surface area contributed by atoms with E-state index in [1.165, 1.54) is 6.33 Å². The van der Waals surface area contributed by atoms with Crippen LogP contribution in [0.4, 0.5) is 5.82 Å². The number of methoxy groups -OCH3 is 1. The van der Waals surface area contributed by atoms with E-state index in [1.54, 1.807) is 7.11 Å². The zero-order valence-corrected chi connectivity index (χ0v) is 11.8. The van der Waals surface area contributed by atoms with Crippen LogP contribution < -0.4 is 9.64 Å². The van der Waals surface area contributed by atoms with E-state index in [0.717, 1.165) is 11.4 Å². The Morgan fingerprint density at radius 3 is 2.79 bits per heavy atom. The second-order valence-electron chi connectivity index (χ2n) is 4.15. The van der Waals surface area contributed by atoms with E-state index in [4.69, 9.17) is 16.3 Å². The molecule has 0 aliphatic heterocycles. The normalized spacial score (nSPS) is 10.3. The Morgan fingerprint density at radius 1 is 1.32 bits per heavy atom. The number of aryl methyl sites for hydroxylation is 1. The molecule has 19 heavy (non-hydrogen) atoms. The van der Waals surface area contributed by atoms with E-state index in [-0.39, 0.29) is 0 Å². The minimum absolute atomic E-state index is 0.302. The summed E-state index contributed by atoms with van der Waals surface area (Å²) in [7, 11) is 3.46. The van der Waals surface area contributed by atoms with Crippen molar-refractivity contribution in [1.82, 2.24) is 15.0 Å². The number of nitrogens with zero attached hydrogens (tertiary/aromatic N) is 4. The molecule has 0 aliphatic carbocycles. The molecule has 2 heterocycles. The molecule has 0 radical (unpaired) electrons. The maximum atomic E-state index is 5.98. The Hall–Kier alpha value is -1.88. The predicted octanol–water partition coefficient (Wildman–Crippen LogP) is 2.48. The lowest BCUT2D eigenvalue weighted by Gasteiger charge is -2.20. The van der Waals surface area contributed by atoms with Crippen LogP contribution in [0.2, 0.25) is 5.15 Å². The lowest BCUT2D eigenvalue weighted by Crippen LogP contribution is -2.19. The highest BCUT2D eigenvalue weighted by atomic mass is 35.5. The van der Waals surface area contributed by atoms with Crippen LogP contribution in [-0.2, 0) is 6.54 Å². The van der Waals surface area contributed by atoms with Crippen molar-refractivity contribution in [2.24, 2.45) is 0 Å². The number of aromatic nitrogens is 3. The fourth-order valence-electron chi connectivity index (χ4n) is 1.80. The van der Waals surface area contributed by atoms with E-state index >= 15 is 0 Å². The van der Waals surface area contributed by atoms with Crippen LogP contribution in [0.15, 0.2) is 24.5 Å². The summed E-state index contributed by atoms with van der Waals surface area (Å²) in [5.41, 5.74) is 1.94.